The Morgan fingerprint density at radius 3 is 2.12 bits per heavy atom. The van der Waals surface area contributed by atoms with Gasteiger partial charge in [0.2, 0.25) is 0 Å². The van der Waals surface area contributed by atoms with Crippen LogP contribution in [0.15, 0.2) is 79.0 Å². The summed E-state index contributed by atoms with van der Waals surface area (Å²) in [5, 5.41) is 7.47. The Kier molecular flexibility index (Phi) is 6.95. The number of aromatic nitrogens is 1. The summed E-state index contributed by atoms with van der Waals surface area (Å²) in [6, 6.07) is 25.7. The highest BCUT2D eigenvalue weighted by Crippen LogP contribution is 2.40. The molecule has 1 aliphatic heterocycles. The Bertz CT molecular complexity index is 1060. The van der Waals surface area contributed by atoms with Gasteiger partial charge in [-0.15, -0.1) is 0 Å². The lowest BCUT2D eigenvalue weighted by atomic mass is 9.79. The summed E-state index contributed by atoms with van der Waals surface area (Å²) in [4.78, 5) is 9.49. The molecule has 0 radical (unpaired) electrons. The smallest absolute Gasteiger partial charge is 0.170 e. The molecule has 2 N–H and O–H groups in total. The normalized spacial score (nSPS) is 17.4. The van der Waals surface area contributed by atoms with Gasteiger partial charge in [0.1, 0.15) is 5.82 Å². The van der Waals surface area contributed by atoms with Crippen molar-refractivity contribution >= 4 is 34.5 Å². The molecule has 3 aromatic rings. The van der Waals surface area contributed by atoms with Crippen LogP contribution in [0.4, 0.5) is 17.2 Å². The number of pyridine rings is 1. The van der Waals surface area contributed by atoms with Crippen LogP contribution in [0, 0.1) is 0 Å². The Morgan fingerprint density at radius 2 is 1.47 bits per heavy atom. The Hall–Kier alpha value is -3.12. The summed E-state index contributed by atoms with van der Waals surface area (Å²) in [5.74, 6) is 1.02. The molecule has 0 amide bonds. The zero-order valence-corrected chi connectivity index (χ0v) is 20.4. The number of nitrogens with zero attached hydrogens (tertiary/aromatic N) is 3. The minimum Gasteiger partial charge on any atom is -0.368 e. The van der Waals surface area contributed by atoms with Crippen LogP contribution in [0.1, 0.15) is 31.2 Å². The Balaban J connectivity index is 1.13. The van der Waals surface area contributed by atoms with E-state index >= 15 is 0 Å². The summed E-state index contributed by atoms with van der Waals surface area (Å²) in [7, 11) is 0. The molecular formula is C28H33N5S. The number of benzene rings is 2. The summed E-state index contributed by atoms with van der Waals surface area (Å²) in [6.45, 7) is 4.80. The van der Waals surface area contributed by atoms with Crippen LogP contribution in [-0.4, -0.2) is 42.8 Å². The van der Waals surface area contributed by atoms with Crippen molar-refractivity contribution in [1.29, 1.82) is 0 Å². The van der Waals surface area contributed by atoms with E-state index in [4.69, 9.17) is 17.2 Å². The lowest BCUT2D eigenvalue weighted by Crippen LogP contribution is -2.46. The van der Waals surface area contributed by atoms with Crippen LogP contribution in [-0.2, 0) is 5.41 Å². The van der Waals surface area contributed by atoms with Crippen molar-refractivity contribution in [3.8, 4) is 0 Å². The molecule has 1 aromatic heterocycles. The Labute approximate surface area is 208 Å². The number of nitrogens with one attached hydrogen (secondary N) is 2. The first-order chi connectivity index (χ1) is 16.7. The highest BCUT2D eigenvalue weighted by molar-refractivity contribution is 7.80. The third kappa shape index (κ3) is 5.17. The summed E-state index contributed by atoms with van der Waals surface area (Å²) >= 11 is 5.62. The van der Waals surface area contributed by atoms with E-state index < -0.39 is 0 Å². The van der Waals surface area contributed by atoms with Gasteiger partial charge in [0.05, 0.1) is 11.9 Å². The van der Waals surface area contributed by atoms with Gasteiger partial charge in [0, 0.05) is 43.8 Å². The van der Waals surface area contributed by atoms with Crippen LogP contribution in [0.2, 0.25) is 0 Å². The van der Waals surface area contributed by atoms with Gasteiger partial charge in [-0.3, -0.25) is 0 Å². The number of hydrogen-bond donors (Lipinski definition) is 2. The van der Waals surface area contributed by atoms with E-state index in [1.807, 2.05) is 6.20 Å². The number of rotatable bonds is 6. The van der Waals surface area contributed by atoms with Crippen LogP contribution in [0.25, 0.3) is 0 Å². The van der Waals surface area contributed by atoms with Gasteiger partial charge < -0.3 is 20.4 Å². The largest absolute Gasteiger partial charge is 0.368 e. The van der Waals surface area contributed by atoms with E-state index in [1.54, 1.807) is 0 Å². The highest BCUT2D eigenvalue weighted by Gasteiger charge is 2.35. The SMILES string of the molecule is S=C(NCC1(c2ccccc2)CCCC1)Nc1ccc(N2CCN(c3ccccc3)CC2)nc1. The topological polar surface area (TPSA) is 43.4 Å². The minimum absolute atomic E-state index is 0.178. The van der Waals surface area contributed by atoms with E-state index in [-0.39, 0.29) is 5.41 Å². The first-order valence-corrected chi connectivity index (χ1v) is 12.7. The minimum atomic E-state index is 0.178. The van der Waals surface area contributed by atoms with Crippen molar-refractivity contribution in [3.63, 3.8) is 0 Å². The second-order valence-corrected chi connectivity index (χ2v) is 9.78. The van der Waals surface area contributed by atoms with Crippen molar-refractivity contribution in [2.45, 2.75) is 31.1 Å². The number of piperazine rings is 1. The van der Waals surface area contributed by atoms with E-state index in [2.05, 4.69) is 93.2 Å². The number of hydrogen-bond acceptors (Lipinski definition) is 4. The highest BCUT2D eigenvalue weighted by atomic mass is 32.1. The molecule has 0 unspecified atom stereocenters. The first-order valence-electron chi connectivity index (χ1n) is 12.3. The standard InChI is InChI=1S/C28H33N5S/c34-27(30-22-28(15-7-8-16-28)23-9-3-1-4-10-23)31-24-13-14-26(29-21-24)33-19-17-32(18-20-33)25-11-5-2-6-12-25/h1-6,9-14,21H,7-8,15-20,22H2,(H2,30,31,34). The molecule has 5 rings (SSSR count). The zero-order valence-electron chi connectivity index (χ0n) is 19.6. The molecule has 2 fully saturated rings. The summed E-state index contributed by atoms with van der Waals surface area (Å²) in [6.07, 6.45) is 6.86. The predicted octanol–water partition coefficient (Wildman–Crippen LogP) is 5.21. The Morgan fingerprint density at radius 1 is 0.824 bits per heavy atom. The number of thiocarbonyl (C=S) groups is 1. The van der Waals surface area contributed by atoms with Gasteiger partial charge in [0.15, 0.2) is 5.11 Å². The van der Waals surface area contributed by atoms with Gasteiger partial charge in [-0.1, -0.05) is 61.4 Å². The molecule has 0 spiro atoms. The molecule has 176 valence electrons. The van der Waals surface area contributed by atoms with Crippen LogP contribution < -0.4 is 20.4 Å². The molecule has 1 saturated heterocycles. The summed E-state index contributed by atoms with van der Waals surface area (Å²) in [5.41, 5.74) is 3.81. The van der Waals surface area contributed by atoms with Gasteiger partial charge in [-0.25, -0.2) is 4.98 Å². The zero-order chi connectivity index (χ0) is 23.2. The number of anilines is 3. The second-order valence-electron chi connectivity index (χ2n) is 9.38. The maximum Gasteiger partial charge on any atom is 0.170 e. The molecule has 0 atom stereocenters. The van der Waals surface area contributed by atoms with E-state index in [0.29, 0.717) is 5.11 Å². The van der Waals surface area contributed by atoms with Crippen molar-refractivity contribution in [2.24, 2.45) is 0 Å². The molecule has 2 heterocycles. The van der Waals surface area contributed by atoms with E-state index in [9.17, 15) is 0 Å². The molecule has 2 aliphatic rings. The van der Waals surface area contributed by atoms with Crippen LogP contribution >= 0.6 is 12.2 Å². The molecular weight excluding hydrogens is 438 g/mol. The molecule has 2 aromatic carbocycles. The second kappa shape index (κ2) is 10.4. The van der Waals surface area contributed by atoms with Crippen molar-refractivity contribution in [3.05, 3.63) is 84.6 Å². The molecule has 0 bridgehead atoms. The third-order valence-corrected chi connectivity index (χ3v) is 7.51. The van der Waals surface area contributed by atoms with E-state index in [1.165, 1.54) is 36.9 Å². The van der Waals surface area contributed by atoms with Crippen LogP contribution in [0.3, 0.4) is 0 Å². The molecule has 1 saturated carbocycles. The van der Waals surface area contributed by atoms with Gasteiger partial charge in [-0.2, -0.15) is 0 Å². The monoisotopic (exact) mass is 471 g/mol. The average Bonchev–Trinajstić information content (AvgIpc) is 3.40. The molecule has 5 nitrogen and oxygen atoms in total. The van der Waals surface area contributed by atoms with Crippen molar-refractivity contribution in [1.82, 2.24) is 10.3 Å². The van der Waals surface area contributed by atoms with Crippen LogP contribution in [0.5, 0.6) is 0 Å². The van der Waals surface area contributed by atoms with Gasteiger partial charge in [0.25, 0.3) is 0 Å². The number of para-hydroxylation sites is 1. The molecule has 6 heteroatoms. The van der Waals surface area contributed by atoms with Crippen molar-refractivity contribution in [2.75, 3.05) is 47.8 Å². The van der Waals surface area contributed by atoms with E-state index in [0.717, 1.165) is 44.2 Å². The lowest BCUT2D eigenvalue weighted by Gasteiger charge is -2.36. The molecule has 1 aliphatic carbocycles. The predicted molar refractivity (Wildman–Crippen MR) is 146 cm³/mol. The first kappa shape index (κ1) is 22.7. The lowest BCUT2D eigenvalue weighted by molar-refractivity contribution is 0.435. The fourth-order valence-electron chi connectivity index (χ4n) is 5.32. The van der Waals surface area contributed by atoms with Crippen molar-refractivity contribution < 1.29 is 0 Å². The third-order valence-electron chi connectivity index (χ3n) is 7.26. The van der Waals surface area contributed by atoms with Gasteiger partial charge in [-0.05, 0) is 54.9 Å². The fraction of sp³-hybridized carbons (Fsp3) is 0.357. The summed E-state index contributed by atoms with van der Waals surface area (Å²) < 4.78 is 0. The maximum atomic E-state index is 5.62. The quantitative estimate of drug-likeness (QED) is 0.482. The molecule has 34 heavy (non-hydrogen) atoms. The fourth-order valence-corrected chi connectivity index (χ4v) is 5.51. The average molecular weight is 472 g/mol. The van der Waals surface area contributed by atoms with Gasteiger partial charge >= 0.3 is 0 Å². The maximum absolute atomic E-state index is 5.62.